The summed E-state index contributed by atoms with van der Waals surface area (Å²) in [5.74, 6) is 0.913. The third-order valence-electron chi connectivity index (χ3n) is 4.19. The van der Waals surface area contributed by atoms with Crippen molar-refractivity contribution in [2.24, 2.45) is 0 Å². The van der Waals surface area contributed by atoms with Gasteiger partial charge in [0.2, 0.25) is 11.8 Å². The standard InChI is InChI=1S/C21H23N3O2S/c1-13(2)17-10-6-8-15(4)19(17)22-18(25)12-27-21-24-23-20(26-21)16-9-5-7-14(3)11-16/h5-11,13H,12H2,1-4H3,(H,22,25). The summed E-state index contributed by atoms with van der Waals surface area (Å²) in [6.07, 6.45) is 0. The summed E-state index contributed by atoms with van der Waals surface area (Å²) in [7, 11) is 0. The van der Waals surface area contributed by atoms with Gasteiger partial charge in [0.25, 0.3) is 5.22 Å². The average Bonchev–Trinajstić information content (AvgIpc) is 3.10. The molecule has 0 spiro atoms. The van der Waals surface area contributed by atoms with Crippen molar-refractivity contribution in [3.63, 3.8) is 0 Å². The summed E-state index contributed by atoms with van der Waals surface area (Å²) in [6, 6.07) is 13.9. The number of carbonyl (C=O) groups excluding carboxylic acids is 1. The first-order valence-corrected chi connectivity index (χ1v) is 9.85. The maximum Gasteiger partial charge on any atom is 0.277 e. The Hall–Kier alpha value is -2.60. The highest BCUT2D eigenvalue weighted by Gasteiger charge is 2.14. The van der Waals surface area contributed by atoms with Crippen LogP contribution in [0.4, 0.5) is 5.69 Å². The SMILES string of the molecule is Cc1cccc(-c2nnc(SCC(=O)Nc3c(C)cccc3C(C)C)o2)c1. The van der Waals surface area contributed by atoms with E-state index in [0.29, 0.717) is 17.0 Å². The first kappa shape index (κ1) is 19.2. The molecule has 0 aliphatic heterocycles. The molecule has 0 atom stereocenters. The summed E-state index contributed by atoms with van der Waals surface area (Å²) in [6.45, 7) is 8.24. The Bertz CT molecular complexity index is 950. The van der Waals surface area contributed by atoms with Crippen LogP contribution in [0.25, 0.3) is 11.5 Å². The minimum absolute atomic E-state index is 0.0912. The lowest BCUT2D eigenvalue weighted by molar-refractivity contribution is -0.113. The number of carbonyl (C=O) groups is 1. The molecule has 1 amide bonds. The first-order valence-electron chi connectivity index (χ1n) is 8.86. The van der Waals surface area contributed by atoms with Gasteiger partial charge in [-0.3, -0.25) is 4.79 Å². The fourth-order valence-electron chi connectivity index (χ4n) is 2.81. The maximum atomic E-state index is 12.4. The van der Waals surface area contributed by atoms with Gasteiger partial charge in [0.1, 0.15) is 0 Å². The van der Waals surface area contributed by atoms with Crippen molar-refractivity contribution in [1.82, 2.24) is 10.2 Å². The van der Waals surface area contributed by atoms with Crippen LogP contribution in [-0.4, -0.2) is 21.9 Å². The van der Waals surface area contributed by atoms with E-state index < -0.39 is 0 Å². The van der Waals surface area contributed by atoms with E-state index in [0.717, 1.165) is 27.9 Å². The van der Waals surface area contributed by atoms with Crippen LogP contribution in [-0.2, 0) is 4.79 Å². The molecule has 0 saturated carbocycles. The molecule has 0 radical (unpaired) electrons. The number of hydrogen-bond donors (Lipinski definition) is 1. The summed E-state index contributed by atoms with van der Waals surface area (Å²) in [5, 5.41) is 11.5. The van der Waals surface area contributed by atoms with E-state index in [1.54, 1.807) is 0 Å². The molecule has 6 heteroatoms. The Morgan fingerprint density at radius 1 is 1.15 bits per heavy atom. The van der Waals surface area contributed by atoms with Crippen molar-refractivity contribution >= 4 is 23.4 Å². The van der Waals surface area contributed by atoms with E-state index in [-0.39, 0.29) is 11.7 Å². The van der Waals surface area contributed by atoms with Crippen LogP contribution in [0, 0.1) is 13.8 Å². The smallest absolute Gasteiger partial charge is 0.277 e. The summed E-state index contributed by atoms with van der Waals surface area (Å²) < 4.78 is 5.67. The Morgan fingerprint density at radius 2 is 1.93 bits per heavy atom. The van der Waals surface area contributed by atoms with Crippen molar-refractivity contribution in [1.29, 1.82) is 0 Å². The Kier molecular flexibility index (Phi) is 5.96. The van der Waals surface area contributed by atoms with Crippen molar-refractivity contribution in [3.8, 4) is 11.5 Å². The van der Waals surface area contributed by atoms with Gasteiger partial charge in [-0.05, 0) is 43.0 Å². The second kappa shape index (κ2) is 8.39. The van der Waals surface area contributed by atoms with Gasteiger partial charge in [0.15, 0.2) is 0 Å². The monoisotopic (exact) mass is 381 g/mol. The Morgan fingerprint density at radius 3 is 2.67 bits per heavy atom. The lowest BCUT2D eigenvalue weighted by Crippen LogP contribution is -2.16. The average molecular weight is 382 g/mol. The molecule has 0 saturated heterocycles. The Labute approximate surface area is 163 Å². The molecule has 27 heavy (non-hydrogen) atoms. The van der Waals surface area contributed by atoms with Gasteiger partial charge in [0, 0.05) is 11.3 Å². The number of amides is 1. The lowest BCUT2D eigenvalue weighted by Gasteiger charge is -2.16. The summed E-state index contributed by atoms with van der Waals surface area (Å²) in [4.78, 5) is 12.4. The van der Waals surface area contributed by atoms with E-state index >= 15 is 0 Å². The van der Waals surface area contributed by atoms with Crippen LogP contribution in [0.1, 0.15) is 36.5 Å². The van der Waals surface area contributed by atoms with Gasteiger partial charge >= 0.3 is 0 Å². The molecule has 0 bridgehead atoms. The highest BCUT2D eigenvalue weighted by atomic mass is 32.2. The molecule has 1 N–H and O–H groups in total. The normalized spacial score (nSPS) is 11.0. The molecule has 3 aromatic rings. The number of benzene rings is 2. The number of aryl methyl sites for hydroxylation is 2. The Balaban J connectivity index is 1.64. The summed E-state index contributed by atoms with van der Waals surface area (Å²) in [5.41, 5.74) is 5.08. The molecule has 140 valence electrons. The number of nitrogens with zero attached hydrogens (tertiary/aromatic N) is 2. The molecule has 5 nitrogen and oxygen atoms in total. The van der Waals surface area contributed by atoms with Crippen LogP contribution in [0.3, 0.4) is 0 Å². The molecule has 0 aliphatic carbocycles. The fourth-order valence-corrected chi connectivity index (χ4v) is 3.37. The first-order chi connectivity index (χ1) is 12.9. The largest absolute Gasteiger partial charge is 0.411 e. The molecular weight excluding hydrogens is 358 g/mol. The second-order valence-corrected chi connectivity index (χ2v) is 7.70. The summed E-state index contributed by atoms with van der Waals surface area (Å²) >= 11 is 1.24. The van der Waals surface area contributed by atoms with Crippen LogP contribution in [0.15, 0.2) is 52.1 Å². The zero-order valence-corrected chi connectivity index (χ0v) is 16.8. The van der Waals surface area contributed by atoms with Gasteiger partial charge < -0.3 is 9.73 Å². The molecular formula is C21H23N3O2S. The highest BCUT2D eigenvalue weighted by Crippen LogP contribution is 2.28. The van der Waals surface area contributed by atoms with Gasteiger partial charge in [0.05, 0.1) is 5.75 Å². The van der Waals surface area contributed by atoms with Crippen molar-refractivity contribution in [3.05, 3.63) is 59.2 Å². The molecule has 0 unspecified atom stereocenters. The zero-order valence-electron chi connectivity index (χ0n) is 15.9. The third kappa shape index (κ3) is 4.77. The quantitative estimate of drug-likeness (QED) is 0.594. The number of hydrogen-bond acceptors (Lipinski definition) is 5. The number of anilines is 1. The topological polar surface area (TPSA) is 68.0 Å². The van der Waals surface area contributed by atoms with Crippen LogP contribution in [0.5, 0.6) is 0 Å². The van der Waals surface area contributed by atoms with Gasteiger partial charge in [-0.1, -0.05) is 61.5 Å². The molecule has 1 aromatic heterocycles. The van der Waals surface area contributed by atoms with Gasteiger partial charge in [-0.25, -0.2) is 0 Å². The van der Waals surface area contributed by atoms with Gasteiger partial charge in [-0.15, -0.1) is 10.2 Å². The lowest BCUT2D eigenvalue weighted by atomic mass is 9.98. The van der Waals surface area contributed by atoms with E-state index in [4.69, 9.17) is 4.42 Å². The van der Waals surface area contributed by atoms with Crippen LogP contribution in [0.2, 0.25) is 0 Å². The van der Waals surface area contributed by atoms with Crippen molar-refractivity contribution < 1.29 is 9.21 Å². The van der Waals surface area contributed by atoms with E-state index in [1.165, 1.54) is 11.8 Å². The van der Waals surface area contributed by atoms with E-state index in [2.05, 4.69) is 29.4 Å². The van der Waals surface area contributed by atoms with Crippen LogP contribution >= 0.6 is 11.8 Å². The van der Waals surface area contributed by atoms with E-state index in [9.17, 15) is 4.79 Å². The number of nitrogens with one attached hydrogen (secondary N) is 1. The predicted molar refractivity (Wildman–Crippen MR) is 109 cm³/mol. The van der Waals surface area contributed by atoms with Crippen molar-refractivity contribution in [2.75, 3.05) is 11.1 Å². The number of thioether (sulfide) groups is 1. The molecule has 3 rings (SSSR count). The van der Waals surface area contributed by atoms with Gasteiger partial charge in [-0.2, -0.15) is 0 Å². The zero-order chi connectivity index (χ0) is 19.4. The number of para-hydroxylation sites is 1. The maximum absolute atomic E-state index is 12.4. The number of rotatable bonds is 6. The fraction of sp³-hybridized carbons (Fsp3) is 0.286. The molecule has 0 fully saturated rings. The van der Waals surface area contributed by atoms with Crippen molar-refractivity contribution in [2.45, 2.75) is 38.8 Å². The van der Waals surface area contributed by atoms with E-state index in [1.807, 2.05) is 56.3 Å². The minimum atomic E-state index is -0.0912. The number of aromatic nitrogens is 2. The van der Waals surface area contributed by atoms with Crippen LogP contribution < -0.4 is 5.32 Å². The predicted octanol–water partition coefficient (Wildman–Crippen LogP) is 5.21. The second-order valence-electron chi connectivity index (χ2n) is 6.77. The molecule has 1 heterocycles. The molecule has 0 aliphatic rings. The minimum Gasteiger partial charge on any atom is -0.411 e. The highest BCUT2D eigenvalue weighted by molar-refractivity contribution is 7.99. The molecule has 2 aromatic carbocycles. The third-order valence-corrected chi connectivity index (χ3v) is 5.01.